The number of halogens is 1. The van der Waals surface area contributed by atoms with E-state index in [9.17, 15) is 8.42 Å². The first-order valence-electron chi connectivity index (χ1n) is 4.81. The lowest BCUT2D eigenvalue weighted by atomic mass is 10.2. The first kappa shape index (κ1) is 14.2. The number of aryl methyl sites for hydroxylation is 1. The Bertz CT molecular complexity index is 543. The molecule has 0 spiro atoms. The number of sulfonamides is 1. The number of hydrogen-bond donors (Lipinski definition) is 2. The van der Waals surface area contributed by atoms with Crippen molar-refractivity contribution in [1.29, 1.82) is 0 Å². The molecule has 1 aromatic carbocycles. The Kier molecular flexibility index (Phi) is 4.35. The zero-order chi connectivity index (χ0) is 13.2. The minimum Gasteiger partial charge on any atom is -0.392 e. The van der Waals surface area contributed by atoms with Crippen LogP contribution in [0.1, 0.15) is 12.5 Å². The summed E-state index contributed by atoms with van der Waals surface area (Å²) >= 11 is 10.5. The maximum absolute atomic E-state index is 11.9. The highest BCUT2D eigenvalue weighted by molar-refractivity contribution is 7.95. The largest absolute Gasteiger partial charge is 0.392 e. The molecule has 0 heterocycles. The Hall–Kier alpha value is -0.850. The van der Waals surface area contributed by atoms with Crippen molar-refractivity contribution in [3.8, 4) is 0 Å². The van der Waals surface area contributed by atoms with Crippen LogP contribution < -0.4 is 10.5 Å². The zero-order valence-corrected chi connectivity index (χ0v) is 11.8. The molecule has 4 nitrogen and oxygen atoms in total. The number of rotatable bonds is 4. The van der Waals surface area contributed by atoms with E-state index in [4.69, 9.17) is 17.3 Å². The van der Waals surface area contributed by atoms with E-state index in [0.29, 0.717) is 10.7 Å². The fraction of sp³-hybridized carbons (Fsp3) is 0.300. The van der Waals surface area contributed by atoms with Crippen LogP contribution in [0.15, 0.2) is 18.2 Å². The highest BCUT2D eigenvalue weighted by Gasteiger charge is 2.23. The molecule has 1 unspecified atom stereocenters. The van der Waals surface area contributed by atoms with Gasteiger partial charge >= 0.3 is 0 Å². The van der Waals surface area contributed by atoms with Crippen LogP contribution >= 0.6 is 23.8 Å². The van der Waals surface area contributed by atoms with Crippen molar-refractivity contribution in [1.82, 2.24) is 0 Å². The lowest BCUT2D eigenvalue weighted by Gasteiger charge is -2.15. The molecule has 0 aliphatic rings. The third-order valence-electron chi connectivity index (χ3n) is 2.31. The van der Waals surface area contributed by atoms with E-state index in [1.54, 1.807) is 25.1 Å². The quantitative estimate of drug-likeness (QED) is 0.833. The number of thiocarbonyl (C=S) groups is 1. The van der Waals surface area contributed by atoms with Gasteiger partial charge in [-0.1, -0.05) is 23.8 Å². The molecule has 0 saturated heterocycles. The van der Waals surface area contributed by atoms with Crippen molar-refractivity contribution in [3.05, 3.63) is 28.8 Å². The van der Waals surface area contributed by atoms with Crippen molar-refractivity contribution < 1.29 is 8.42 Å². The average Bonchev–Trinajstić information content (AvgIpc) is 2.21. The van der Waals surface area contributed by atoms with E-state index in [1.807, 2.05) is 0 Å². The topological polar surface area (TPSA) is 72.2 Å². The lowest BCUT2D eigenvalue weighted by Crippen LogP contribution is -2.35. The van der Waals surface area contributed by atoms with Gasteiger partial charge in [0.1, 0.15) is 5.25 Å². The predicted octanol–water partition coefficient (Wildman–Crippen LogP) is 2.06. The van der Waals surface area contributed by atoms with Gasteiger partial charge in [0.15, 0.2) is 0 Å². The van der Waals surface area contributed by atoms with Gasteiger partial charge in [0.05, 0.1) is 10.7 Å². The molecule has 3 N–H and O–H groups in total. The van der Waals surface area contributed by atoms with Crippen molar-refractivity contribution in [2.75, 3.05) is 4.72 Å². The molecule has 0 bridgehead atoms. The monoisotopic (exact) mass is 292 g/mol. The molecular weight excluding hydrogens is 280 g/mol. The summed E-state index contributed by atoms with van der Waals surface area (Å²) in [6.07, 6.45) is 0. The molecule has 1 aromatic rings. The molecule has 0 aliphatic carbocycles. The summed E-state index contributed by atoms with van der Waals surface area (Å²) in [5.74, 6) is 0. The van der Waals surface area contributed by atoms with Gasteiger partial charge in [-0.15, -0.1) is 0 Å². The van der Waals surface area contributed by atoms with Gasteiger partial charge in [0, 0.05) is 5.02 Å². The molecule has 1 rings (SSSR count). The lowest BCUT2D eigenvalue weighted by molar-refractivity contribution is 0.598. The van der Waals surface area contributed by atoms with Crippen LogP contribution in [0.4, 0.5) is 5.69 Å². The molecule has 0 aromatic heterocycles. The van der Waals surface area contributed by atoms with Gasteiger partial charge in [-0.05, 0) is 37.6 Å². The number of nitrogens with two attached hydrogens (primary N) is 1. The van der Waals surface area contributed by atoms with Crippen molar-refractivity contribution >= 4 is 44.5 Å². The Morgan fingerprint density at radius 1 is 1.53 bits per heavy atom. The second-order valence-electron chi connectivity index (χ2n) is 3.65. The van der Waals surface area contributed by atoms with Gasteiger partial charge in [-0.2, -0.15) is 0 Å². The maximum atomic E-state index is 11.9. The smallest absolute Gasteiger partial charge is 0.241 e. The Labute approximate surface area is 111 Å². The van der Waals surface area contributed by atoms with Crippen molar-refractivity contribution in [2.45, 2.75) is 19.1 Å². The number of anilines is 1. The molecule has 0 radical (unpaired) electrons. The molecular formula is C10H13ClN2O2S2. The normalized spacial score (nSPS) is 13.1. The molecule has 17 heavy (non-hydrogen) atoms. The summed E-state index contributed by atoms with van der Waals surface area (Å²) in [5, 5.41) is -0.375. The number of nitrogens with one attached hydrogen (secondary N) is 1. The van der Waals surface area contributed by atoms with Crippen molar-refractivity contribution in [3.63, 3.8) is 0 Å². The van der Waals surface area contributed by atoms with E-state index in [0.717, 1.165) is 5.56 Å². The third kappa shape index (κ3) is 3.55. The molecule has 7 heteroatoms. The fourth-order valence-corrected chi connectivity index (χ4v) is 2.76. The first-order valence-corrected chi connectivity index (χ1v) is 7.14. The van der Waals surface area contributed by atoms with E-state index >= 15 is 0 Å². The average molecular weight is 293 g/mol. The van der Waals surface area contributed by atoms with Gasteiger partial charge in [-0.3, -0.25) is 4.72 Å². The molecule has 94 valence electrons. The Morgan fingerprint density at radius 3 is 2.59 bits per heavy atom. The SMILES string of the molecule is Cc1cc(Cl)ccc1NS(=O)(=O)C(C)C(N)=S. The van der Waals surface area contributed by atoms with Crippen molar-refractivity contribution in [2.24, 2.45) is 5.73 Å². The minimum atomic E-state index is -3.61. The summed E-state index contributed by atoms with van der Waals surface area (Å²) in [6, 6.07) is 4.88. The summed E-state index contributed by atoms with van der Waals surface area (Å²) in [6.45, 7) is 3.20. The van der Waals surface area contributed by atoms with Crippen LogP contribution in [-0.2, 0) is 10.0 Å². The summed E-state index contributed by atoms with van der Waals surface area (Å²) in [5.41, 5.74) is 6.53. The van der Waals surface area contributed by atoms with Crippen LogP contribution in [0, 0.1) is 6.92 Å². The fourth-order valence-electron chi connectivity index (χ4n) is 1.14. The van der Waals surface area contributed by atoms with Crippen LogP contribution in [-0.4, -0.2) is 18.7 Å². The second-order valence-corrected chi connectivity index (χ2v) is 6.56. The highest BCUT2D eigenvalue weighted by atomic mass is 35.5. The second kappa shape index (κ2) is 5.20. The highest BCUT2D eigenvalue weighted by Crippen LogP contribution is 2.21. The Morgan fingerprint density at radius 2 is 2.12 bits per heavy atom. The molecule has 0 saturated carbocycles. The molecule has 0 amide bonds. The summed E-state index contributed by atoms with van der Waals surface area (Å²) in [4.78, 5) is -0.0656. The van der Waals surface area contributed by atoms with Gasteiger partial charge in [0.25, 0.3) is 0 Å². The van der Waals surface area contributed by atoms with Gasteiger partial charge in [-0.25, -0.2) is 8.42 Å². The van der Waals surface area contributed by atoms with Crippen LogP contribution in [0.2, 0.25) is 5.02 Å². The van der Waals surface area contributed by atoms with Gasteiger partial charge < -0.3 is 5.73 Å². The number of benzene rings is 1. The van der Waals surface area contributed by atoms with Crippen LogP contribution in [0.25, 0.3) is 0 Å². The summed E-state index contributed by atoms with van der Waals surface area (Å²) in [7, 11) is -3.61. The van der Waals surface area contributed by atoms with E-state index in [1.165, 1.54) is 6.92 Å². The standard InChI is InChI=1S/C10H13ClN2O2S2/c1-6-5-8(11)3-4-9(6)13-17(14,15)7(2)10(12)16/h3-5,7,13H,1-2H3,(H2,12,16). The third-order valence-corrected chi connectivity index (χ3v) is 4.73. The summed E-state index contributed by atoms with van der Waals surface area (Å²) < 4.78 is 26.2. The molecule has 0 aliphatic heterocycles. The zero-order valence-electron chi connectivity index (χ0n) is 9.40. The number of hydrogen-bond acceptors (Lipinski definition) is 3. The van der Waals surface area contributed by atoms with Crippen LogP contribution in [0.5, 0.6) is 0 Å². The first-order chi connectivity index (χ1) is 7.74. The predicted molar refractivity (Wildman–Crippen MR) is 75.0 cm³/mol. The maximum Gasteiger partial charge on any atom is 0.241 e. The van der Waals surface area contributed by atoms with Crippen LogP contribution in [0.3, 0.4) is 0 Å². The molecule has 1 atom stereocenters. The minimum absolute atomic E-state index is 0.0656. The van der Waals surface area contributed by atoms with E-state index in [2.05, 4.69) is 16.9 Å². The van der Waals surface area contributed by atoms with E-state index in [-0.39, 0.29) is 4.99 Å². The van der Waals surface area contributed by atoms with E-state index < -0.39 is 15.3 Å². The Balaban J connectivity index is 3.02. The molecule has 0 fully saturated rings. The van der Waals surface area contributed by atoms with Gasteiger partial charge in [0.2, 0.25) is 10.0 Å².